The summed E-state index contributed by atoms with van der Waals surface area (Å²) in [5.74, 6) is 0.282. The molecule has 0 radical (unpaired) electrons. The van der Waals surface area contributed by atoms with Crippen molar-refractivity contribution in [2.45, 2.75) is 45.9 Å². The summed E-state index contributed by atoms with van der Waals surface area (Å²) in [5, 5.41) is 2.97. The molecule has 0 saturated carbocycles. The van der Waals surface area contributed by atoms with Crippen molar-refractivity contribution < 1.29 is 4.39 Å². The Morgan fingerprint density at radius 2 is 1.88 bits per heavy atom. The van der Waals surface area contributed by atoms with Gasteiger partial charge in [-0.3, -0.25) is 4.40 Å². The van der Waals surface area contributed by atoms with Gasteiger partial charge in [-0.1, -0.05) is 68.8 Å². The van der Waals surface area contributed by atoms with E-state index >= 15 is 0 Å². The lowest BCUT2D eigenvalue weighted by Gasteiger charge is -2.07. The van der Waals surface area contributed by atoms with E-state index in [0.29, 0.717) is 5.95 Å². The van der Waals surface area contributed by atoms with Crippen molar-refractivity contribution in [2.75, 3.05) is 12.4 Å². The van der Waals surface area contributed by atoms with Gasteiger partial charge in [-0.15, -0.1) is 0 Å². The first-order chi connectivity index (χ1) is 15.6. The second-order valence-electron chi connectivity index (χ2n) is 6.38. The molecule has 0 aliphatic heterocycles. The maximum Gasteiger partial charge on any atom is 0.222 e. The standard InChI is InChI=1S/C21H19BrFN5.2C2H6/c1-3-13-9-11-28-18(12-13)27-19(14-4-6-15(22)16(23)7-5-14)20(28)17-8-10-25-21(24-2)26-17;2*1-2/h4-12,15H,3H2,1-2H3,(H,24,25,26);2*1-2H3. The lowest BCUT2D eigenvalue weighted by Crippen LogP contribution is -1.99. The van der Waals surface area contributed by atoms with Crippen LogP contribution in [0.5, 0.6) is 0 Å². The van der Waals surface area contributed by atoms with E-state index in [0.717, 1.165) is 34.7 Å². The van der Waals surface area contributed by atoms with Gasteiger partial charge in [0, 0.05) is 25.0 Å². The van der Waals surface area contributed by atoms with Gasteiger partial charge in [-0.25, -0.2) is 19.3 Å². The molecule has 3 heterocycles. The number of nitrogens with zero attached hydrogens (tertiary/aromatic N) is 4. The zero-order valence-electron chi connectivity index (χ0n) is 19.5. The molecule has 1 aliphatic carbocycles. The predicted molar refractivity (Wildman–Crippen MR) is 137 cm³/mol. The Labute approximate surface area is 198 Å². The number of halogens is 2. The first-order valence-electron chi connectivity index (χ1n) is 11.0. The van der Waals surface area contributed by atoms with Crippen LogP contribution < -0.4 is 5.32 Å². The molecule has 1 N–H and O–H groups in total. The van der Waals surface area contributed by atoms with Crippen molar-refractivity contribution >= 4 is 33.1 Å². The van der Waals surface area contributed by atoms with Crippen LogP contribution in [0.2, 0.25) is 0 Å². The van der Waals surface area contributed by atoms with Crippen molar-refractivity contribution in [2.24, 2.45) is 0 Å². The number of hydrogen-bond donors (Lipinski definition) is 1. The van der Waals surface area contributed by atoms with Crippen LogP contribution in [-0.2, 0) is 6.42 Å². The molecule has 7 heteroatoms. The SMILES string of the molecule is CC.CC.CCc1ccn2c(-c3ccnc(NC)n3)c(C3=CC=C(F)C(Br)C=C3)nc2c1. The first kappa shape index (κ1) is 25.5. The molecule has 32 heavy (non-hydrogen) atoms. The number of nitrogens with one attached hydrogen (secondary N) is 1. The van der Waals surface area contributed by atoms with Crippen LogP contribution in [0, 0.1) is 0 Å². The molecule has 0 bridgehead atoms. The zero-order valence-corrected chi connectivity index (χ0v) is 21.1. The molecule has 1 atom stereocenters. The average molecular weight is 500 g/mol. The Balaban J connectivity index is 0.000000860. The van der Waals surface area contributed by atoms with Crippen LogP contribution in [0.3, 0.4) is 0 Å². The fraction of sp³-hybridized carbons (Fsp3) is 0.320. The molecule has 5 nitrogen and oxygen atoms in total. The summed E-state index contributed by atoms with van der Waals surface area (Å²) >= 11 is 3.32. The van der Waals surface area contributed by atoms with Gasteiger partial charge in [-0.05, 0) is 36.3 Å². The quantitative estimate of drug-likeness (QED) is 0.391. The molecular formula is C25H31BrFN5. The molecule has 0 fully saturated rings. The average Bonchev–Trinajstić information content (AvgIpc) is 3.15. The van der Waals surface area contributed by atoms with Crippen LogP contribution in [0.4, 0.5) is 10.3 Å². The van der Waals surface area contributed by atoms with E-state index in [1.54, 1.807) is 25.4 Å². The Hall–Kier alpha value is -2.80. The van der Waals surface area contributed by atoms with Gasteiger partial charge in [0.25, 0.3) is 0 Å². The van der Waals surface area contributed by atoms with E-state index in [-0.39, 0.29) is 5.83 Å². The predicted octanol–water partition coefficient (Wildman–Crippen LogP) is 7.02. The van der Waals surface area contributed by atoms with E-state index < -0.39 is 4.83 Å². The summed E-state index contributed by atoms with van der Waals surface area (Å²) in [6.45, 7) is 10.1. The number of imidazole rings is 1. The summed E-state index contributed by atoms with van der Waals surface area (Å²) in [7, 11) is 1.78. The maximum absolute atomic E-state index is 14.0. The first-order valence-corrected chi connectivity index (χ1v) is 11.9. The highest BCUT2D eigenvalue weighted by molar-refractivity contribution is 9.09. The number of rotatable bonds is 4. The minimum absolute atomic E-state index is 0.246. The van der Waals surface area contributed by atoms with E-state index in [1.165, 1.54) is 11.6 Å². The number of aryl methyl sites for hydroxylation is 1. The van der Waals surface area contributed by atoms with E-state index in [1.807, 2.05) is 50.4 Å². The molecule has 0 saturated heterocycles. The molecule has 170 valence electrons. The summed E-state index contributed by atoms with van der Waals surface area (Å²) in [5.41, 5.74) is 5.17. The summed E-state index contributed by atoms with van der Waals surface area (Å²) in [6, 6.07) is 6.00. The van der Waals surface area contributed by atoms with Crippen LogP contribution in [0.25, 0.3) is 22.6 Å². The molecule has 1 unspecified atom stereocenters. The summed E-state index contributed by atoms with van der Waals surface area (Å²) in [4.78, 5) is 13.2. The highest BCUT2D eigenvalue weighted by Crippen LogP contribution is 2.32. The Bertz CT molecular complexity index is 1130. The molecular weight excluding hydrogens is 469 g/mol. The number of hydrogen-bond acceptors (Lipinski definition) is 4. The number of allylic oxidation sites excluding steroid dienone is 6. The number of fused-ring (bicyclic) bond motifs is 1. The van der Waals surface area contributed by atoms with Gasteiger partial charge in [0.05, 0.1) is 21.9 Å². The number of anilines is 1. The van der Waals surface area contributed by atoms with Gasteiger partial charge >= 0.3 is 0 Å². The molecule has 0 aromatic carbocycles. The Morgan fingerprint density at radius 3 is 2.56 bits per heavy atom. The van der Waals surface area contributed by atoms with Crippen molar-refractivity contribution in [1.82, 2.24) is 19.4 Å². The van der Waals surface area contributed by atoms with Gasteiger partial charge in [0.1, 0.15) is 11.5 Å². The van der Waals surface area contributed by atoms with Crippen LogP contribution in [0.1, 0.15) is 45.9 Å². The van der Waals surface area contributed by atoms with Gasteiger partial charge in [0.15, 0.2) is 0 Å². The fourth-order valence-corrected chi connectivity index (χ4v) is 3.42. The fourth-order valence-electron chi connectivity index (χ4n) is 3.12. The lowest BCUT2D eigenvalue weighted by atomic mass is 10.1. The van der Waals surface area contributed by atoms with Gasteiger partial charge in [0.2, 0.25) is 5.95 Å². The minimum Gasteiger partial charge on any atom is -0.357 e. The number of alkyl halides is 1. The number of aromatic nitrogens is 4. The van der Waals surface area contributed by atoms with Crippen molar-refractivity contribution in [3.63, 3.8) is 0 Å². The Kier molecular flexibility index (Phi) is 9.78. The topological polar surface area (TPSA) is 55.1 Å². The largest absolute Gasteiger partial charge is 0.357 e. The summed E-state index contributed by atoms with van der Waals surface area (Å²) in [6.07, 6.45) is 11.5. The van der Waals surface area contributed by atoms with Gasteiger partial charge in [-0.2, -0.15) is 0 Å². The molecule has 4 rings (SSSR count). The number of pyridine rings is 1. The molecule has 3 aromatic rings. The van der Waals surface area contributed by atoms with Gasteiger partial charge < -0.3 is 5.32 Å². The maximum atomic E-state index is 14.0. The highest BCUT2D eigenvalue weighted by atomic mass is 79.9. The third-order valence-electron chi connectivity index (χ3n) is 4.62. The molecule has 0 spiro atoms. The monoisotopic (exact) mass is 499 g/mol. The van der Waals surface area contributed by atoms with Crippen molar-refractivity contribution in [1.29, 1.82) is 0 Å². The summed E-state index contributed by atoms with van der Waals surface area (Å²) < 4.78 is 16.0. The molecule has 3 aromatic heterocycles. The van der Waals surface area contributed by atoms with Crippen molar-refractivity contribution in [3.05, 3.63) is 72.0 Å². The van der Waals surface area contributed by atoms with E-state index in [4.69, 9.17) is 4.98 Å². The molecule has 1 aliphatic rings. The van der Waals surface area contributed by atoms with Crippen LogP contribution in [0.15, 0.2) is 60.7 Å². The second kappa shape index (κ2) is 12.3. The normalized spacial score (nSPS) is 14.9. The smallest absolute Gasteiger partial charge is 0.222 e. The third kappa shape index (κ3) is 5.51. The van der Waals surface area contributed by atoms with Crippen LogP contribution in [-0.4, -0.2) is 31.2 Å². The minimum atomic E-state index is -0.441. The highest BCUT2D eigenvalue weighted by Gasteiger charge is 2.20. The molecule has 0 amide bonds. The Morgan fingerprint density at radius 1 is 1.12 bits per heavy atom. The van der Waals surface area contributed by atoms with E-state index in [2.05, 4.69) is 50.3 Å². The van der Waals surface area contributed by atoms with Crippen LogP contribution >= 0.6 is 15.9 Å². The third-order valence-corrected chi connectivity index (χ3v) is 5.37. The van der Waals surface area contributed by atoms with E-state index in [9.17, 15) is 4.39 Å². The zero-order chi connectivity index (χ0) is 23.7. The second-order valence-corrected chi connectivity index (χ2v) is 7.36. The van der Waals surface area contributed by atoms with Crippen molar-refractivity contribution in [3.8, 4) is 11.4 Å². The lowest BCUT2D eigenvalue weighted by molar-refractivity contribution is 0.626.